The second-order valence-corrected chi connectivity index (χ2v) is 9.79. The average molecular weight is 486 g/mol. The van der Waals surface area contributed by atoms with E-state index in [0.717, 1.165) is 51.2 Å². The molecule has 3 heterocycles. The number of carbonyl (C=O) groups is 1. The molecule has 190 valence electrons. The van der Waals surface area contributed by atoms with Crippen molar-refractivity contribution in [3.05, 3.63) is 18.0 Å². The molecule has 34 heavy (non-hydrogen) atoms. The molecule has 0 aromatic carbocycles. The molecule has 0 radical (unpaired) electrons. The Morgan fingerprint density at radius 3 is 2.74 bits per heavy atom. The molecular formula is C23H34F3N5O3. The van der Waals surface area contributed by atoms with E-state index in [4.69, 9.17) is 9.47 Å². The van der Waals surface area contributed by atoms with Crippen molar-refractivity contribution < 1.29 is 27.4 Å². The summed E-state index contributed by atoms with van der Waals surface area (Å²) in [5, 5.41) is 3.76. The van der Waals surface area contributed by atoms with E-state index in [0.29, 0.717) is 44.7 Å². The molecule has 2 saturated heterocycles. The Balaban J connectivity index is 1.37. The largest absolute Gasteiger partial charge is 0.433 e. The average Bonchev–Trinajstić information content (AvgIpc) is 3.23. The summed E-state index contributed by atoms with van der Waals surface area (Å²) in [5.74, 6) is 0.556. The Morgan fingerprint density at radius 1 is 1.29 bits per heavy atom. The number of nitrogens with one attached hydrogen (secondary N) is 1. The highest BCUT2D eigenvalue weighted by Gasteiger charge is 2.48. The molecule has 1 aromatic heterocycles. The number of ether oxygens (including phenoxy) is 2. The number of piperazine rings is 1. The van der Waals surface area contributed by atoms with Gasteiger partial charge in [-0.15, -0.1) is 0 Å². The van der Waals surface area contributed by atoms with Crippen LogP contribution in [0.4, 0.5) is 19.1 Å². The van der Waals surface area contributed by atoms with Crippen LogP contribution in [0, 0.1) is 11.3 Å². The second-order valence-electron chi connectivity index (χ2n) is 9.79. The molecule has 0 bridgehead atoms. The van der Waals surface area contributed by atoms with Crippen molar-refractivity contribution in [1.29, 1.82) is 0 Å². The molecule has 8 nitrogen and oxygen atoms in total. The van der Waals surface area contributed by atoms with Crippen molar-refractivity contribution in [3.63, 3.8) is 0 Å². The molecular weight excluding hydrogens is 451 g/mol. The minimum atomic E-state index is -4.52. The van der Waals surface area contributed by atoms with Crippen LogP contribution < -0.4 is 10.2 Å². The second kappa shape index (κ2) is 10.3. The van der Waals surface area contributed by atoms with Crippen molar-refractivity contribution in [1.82, 2.24) is 20.2 Å². The molecule has 0 spiro atoms. The van der Waals surface area contributed by atoms with Gasteiger partial charge in [0.05, 0.1) is 18.6 Å². The van der Waals surface area contributed by atoms with Gasteiger partial charge in [0.25, 0.3) is 0 Å². The molecule has 11 heteroatoms. The number of hydrogen-bond donors (Lipinski definition) is 1. The molecule has 4 rings (SSSR count). The van der Waals surface area contributed by atoms with Crippen LogP contribution in [-0.4, -0.2) is 86.0 Å². The Kier molecular flexibility index (Phi) is 7.63. The van der Waals surface area contributed by atoms with Gasteiger partial charge in [0.1, 0.15) is 5.69 Å². The first kappa shape index (κ1) is 25.1. The summed E-state index contributed by atoms with van der Waals surface area (Å²) in [6, 6.07) is 1.51. The molecule has 1 saturated carbocycles. The monoisotopic (exact) mass is 485 g/mol. The van der Waals surface area contributed by atoms with E-state index >= 15 is 0 Å². The first-order chi connectivity index (χ1) is 16.2. The summed E-state index contributed by atoms with van der Waals surface area (Å²) in [5.41, 5.74) is -1.53. The van der Waals surface area contributed by atoms with Gasteiger partial charge < -0.3 is 24.6 Å². The third-order valence-electron chi connectivity index (χ3n) is 7.36. The van der Waals surface area contributed by atoms with E-state index in [1.165, 1.54) is 0 Å². The molecule has 3 aliphatic rings. The first-order valence-electron chi connectivity index (χ1n) is 12.0. The number of carbonyl (C=O) groups excluding carboxylic acids is 1. The van der Waals surface area contributed by atoms with Crippen LogP contribution in [0.5, 0.6) is 0 Å². The highest BCUT2D eigenvalue weighted by Crippen LogP contribution is 2.41. The lowest BCUT2D eigenvalue weighted by molar-refractivity contribution is -0.145. The Morgan fingerprint density at radius 2 is 2.06 bits per heavy atom. The smallest absolute Gasteiger partial charge is 0.384 e. The number of alkyl halides is 3. The van der Waals surface area contributed by atoms with Gasteiger partial charge in [-0.3, -0.25) is 4.79 Å². The Labute approximate surface area is 198 Å². The number of aromatic nitrogens is 2. The van der Waals surface area contributed by atoms with Gasteiger partial charge in [0.15, 0.2) is 0 Å². The molecule has 1 aromatic rings. The molecule has 2 aliphatic heterocycles. The minimum Gasteiger partial charge on any atom is -0.384 e. The number of methoxy groups -OCH3 is 1. The normalized spacial score (nSPS) is 30.6. The lowest BCUT2D eigenvalue weighted by Crippen LogP contribution is -2.54. The molecule has 3 fully saturated rings. The molecule has 1 aliphatic carbocycles. The summed E-state index contributed by atoms with van der Waals surface area (Å²) in [7, 11) is 1.62. The standard InChI is InChI=1S/C23H34F3N5O3/c1-16-14-34-12-5-18(16)28-17-3-6-22(13-17,15-33-2)20(32)30-8-10-31(11-9-30)21-27-7-4-19(29-21)23(24,25)26/h4,7,16-18,28H,3,5-6,8-15H2,1-2H3/t16?,17-,18?,22+/m1/s1. The lowest BCUT2D eigenvalue weighted by Gasteiger charge is -2.40. The van der Waals surface area contributed by atoms with Gasteiger partial charge in [-0.2, -0.15) is 13.2 Å². The summed E-state index contributed by atoms with van der Waals surface area (Å²) in [4.78, 5) is 24.9. The molecule has 1 N–H and O–H groups in total. The van der Waals surface area contributed by atoms with Gasteiger partial charge in [0.2, 0.25) is 11.9 Å². The number of anilines is 1. The van der Waals surface area contributed by atoms with Crippen LogP contribution in [0.2, 0.25) is 0 Å². The van der Waals surface area contributed by atoms with Crippen LogP contribution in [-0.2, 0) is 20.4 Å². The van der Waals surface area contributed by atoms with Gasteiger partial charge in [-0.1, -0.05) is 6.92 Å². The van der Waals surface area contributed by atoms with Crippen molar-refractivity contribution in [2.75, 3.05) is 58.0 Å². The maximum atomic E-state index is 13.6. The van der Waals surface area contributed by atoms with E-state index in [-0.39, 0.29) is 17.9 Å². The van der Waals surface area contributed by atoms with Crippen LogP contribution in [0.3, 0.4) is 0 Å². The zero-order valence-electron chi connectivity index (χ0n) is 19.8. The summed E-state index contributed by atoms with van der Waals surface area (Å²) in [6.07, 6.45) is -0.0228. The summed E-state index contributed by atoms with van der Waals surface area (Å²) >= 11 is 0. The van der Waals surface area contributed by atoms with E-state index in [1.807, 2.05) is 4.90 Å². The van der Waals surface area contributed by atoms with Crippen LogP contribution in [0.15, 0.2) is 12.3 Å². The number of halogens is 3. The summed E-state index contributed by atoms with van der Waals surface area (Å²) < 4.78 is 50.1. The van der Waals surface area contributed by atoms with Gasteiger partial charge in [-0.25, -0.2) is 9.97 Å². The zero-order valence-corrected chi connectivity index (χ0v) is 19.8. The van der Waals surface area contributed by atoms with Crippen molar-refractivity contribution in [3.8, 4) is 0 Å². The predicted octanol–water partition coefficient (Wildman–Crippen LogP) is 2.34. The SMILES string of the molecule is COC[C@]1(C(=O)N2CCN(c3nccc(C(F)(F)F)n3)CC2)CC[C@@H](NC2CCOCC2C)C1. The van der Waals surface area contributed by atoms with Crippen LogP contribution in [0.25, 0.3) is 0 Å². The molecule has 1 amide bonds. The highest BCUT2D eigenvalue weighted by atomic mass is 19.4. The summed E-state index contributed by atoms with van der Waals surface area (Å²) in [6.45, 7) is 5.67. The number of rotatable bonds is 6. The zero-order chi connectivity index (χ0) is 24.3. The number of hydrogen-bond acceptors (Lipinski definition) is 7. The minimum absolute atomic E-state index is 0.0456. The van der Waals surface area contributed by atoms with E-state index in [1.54, 1.807) is 12.0 Å². The maximum absolute atomic E-state index is 13.6. The molecule has 4 atom stereocenters. The Hall–Kier alpha value is -1.98. The fourth-order valence-corrected chi connectivity index (χ4v) is 5.47. The van der Waals surface area contributed by atoms with Crippen molar-refractivity contribution >= 4 is 11.9 Å². The van der Waals surface area contributed by atoms with E-state index in [9.17, 15) is 18.0 Å². The fourth-order valence-electron chi connectivity index (χ4n) is 5.47. The first-order valence-corrected chi connectivity index (χ1v) is 12.0. The number of nitrogens with zero attached hydrogens (tertiary/aromatic N) is 4. The van der Waals surface area contributed by atoms with Gasteiger partial charge in [0, 0.05) is 58.2 Å². The lowest BCUT2D eigenvalue weighted by atomic mass is 9.84. The third-order valence-corrected chi connectivity index (χ3v) is 7.36. The Bertz CT molecular complexity index is 849. The predicted molar refractivity (Wildman–Crippen MR) is 119 cm³/mol. The number of amides is 1. The van der Waals surface area contributed by atoms with Crippen LogP contribution >= 0.6 is 0 Å². The van der Waals surface area contributed by atoms with Crippen molar-refractivity contribution in [2.45, 2.75) is 50.9 Å². The van der Waals surface area contributed by atoms with Gasteiger partial charge >= 0.3 is 6.18 Å². The van der Waals surface area contributed by atoms with Crippen LogP contribution in [0.1, 0.15) is 38.3 Å². The van der Waals surface area contributed by atoms with Gasteiger partial charge in [-0.05, 0) is 37.7 Å². The maximum Gasteiger partial charge on any atom is 0.433 e. The van der Waals surface area contributed by atoms with E-state index in [2.05, 4.69) is 22.2 Å². The highest BCUT2D eigenvalue weighted by molar-refractivity contribution is 5.83. The quantitative estimate of drug-likeness (QED) is 0.663. The topological polar surface area (TPSA) is 79.8 Å². The third kappa shape index (κ3) is 5.46. The van der Waals surface area contributed by atoms with E-state index < -0.39 is 17.3 Å². The molecule has 2 unspecified atom stereocenters. The van der Waals surface area contributed by atoms with Crippen molar-refractivity contribution in [2.24, 2.45) is 11.3 Å². The fraction of sp³-hybridized carbons (Fsp3) is 0.783.